The Kier molecular flexibility index (Phi) is 2.90. The summed E-state index contributed by atoms with van der Waals surface area (Å²) in [5, 5.41) is 11.7. The molecular weight excluding hydrogens is 236 g/mol. The van der Waals surface area contributed by atoms with E-state index in [9.17, 15) is 5.11 Å². The van der Waals surface area contributed by atoms with Crippen LogP contribution in [0.4, 0.5) is 0 Å². The summed E-state index contributed by atoms with van der Waals surface area (Å²) in [5.41, 5.74) is 1.05. The lowest BCUT2D eigenvalue weighted by atomic mass is 9.77. The van der Waals surface area contributed by atoms with Crippen molar-refractivity contribution in [1.82, 2.24) is 9.38 Å². The number of ether oxygens (including phenoxy) is 1. The molecule has 1 fully saturated rings. The van der Waals surface area contributed by atoms with Gasteiger partial charge in [-0.15, -0.1) is 11.3 Å². The molecule has 0 bridgehead atoms. The lowest BCUT2D eigenvalue weighted by Gasteiger charge is -2.34. The van der Waals surface area contributed by atoms with Crippen molar-refractivity contribution in [2.45, 2.75) is 19.3 Å². The molecule has 92 valence electrons. The summed E-state index contributed by atoms with van der Waals surface area (Å²) in [6.07, 6.45) is 6.79. The first-order valence-electron chi connectivity index (χ1n) is 5.91. The molecular formula is C12H16N2O2S. The van der Waals surface area contributed by atoms with Gasteiger partial charge in [0.1, 0.15) is 0 Å². The van der Waals surface area contributed by atoms with E-state index in [0.29, 0.717) is 0 Å². The molecule has 0 spiro atoms. The SMILES string of the molecule is OCC1(Cc2cn3ccsc3n2)CCOCC1. The second kappa shape index (κ2) is 4.40. The smallest absolute Gasteiger partial charge is 0.193 e. The summed E-state index contributed by atoms with van der Waals surface area (Å²) in [6.45, 7) is 1.73. The molecule has 17 heavy (non-hydrogen) atoms. The maximum Gasteiger partial charge on any atom is 0.193 e. The molecule has 1 saturated heterocycles. The van der Waals surface area contributed by atoms with Gasteiger partial charge in [0.2, 0.25) is 0 Å². The zero-order valence-electron chi connectivity index (χ0n) is 9.63. The van der Waals surface area contributed by atoms with Crippen molar-refractivity contribution in [3.8, 4) is 0 Å². The zero-order valence-corrected chi connectivity index (χ0v) is 10.4. The van der Waals surface area contributed by atoms with Crippen LogP contribution in [0.3, 0.4) is 0 Å². The van der Waals surface area contributed by atoms with Crippen molar-refractivity contribution < 1.29 is 9.84 Å². The van der Waals surface area contributed by atoms with Gasteiger partial charge >= 0.3 is 0 Å². The van der Waals surface area contributed by atoms with Gasteiger partial charge in [0, 0.05) is 43.0 Å². The van der Waals surface area contributed by atoms with E-state index < -0.39 is 0 Å². The zero-order chi connectivity index (χ0) is 11.7. The van der Waals surface area contributed by atoms with Gasteiger partial charge in [0.15, 0.2) is 4.96 Å². The monoisotopic (exact) mass is 252 g/mol. The van der Waals surface area contributed by atoms with E-state index in [1.165, 1.54) is 0 Å². The number of rotatable bonds is 3. The van der Waals surface area contributed by atoms with Crippen LogP contribution in [0.2, 0.25) is 0 Å². The fourth-order valence-corrected chi connectivity index (χ4v) is 3.16. The Morgan fingerprint density at radius 3 is 3.00 bits per heavy atom. The van der Waals surface area contributed by atoms with Crippen LogP contribution < -0.4 is 0 Å². The Bertz CT molecular complexity index is 471. The van der Waals surface area contributed by atoms with Crippen molar-refractivity contribution in [1.29, 1.82) is 0 Å². The van der Waals surface area contributed by atoms with Crippen LogP contribution in [0.15, 0.2) is 17.8 Å². The van der Waals surface area contributed by atoms with Crippen molar-refractivity contribution in [2.24, 2.45) is 5.41 Å². The van der Waals surface area contributed by atoms with Gasteiger partial charge in [-0.05, 0) is 19.3 Å². The molecule has 0 aromatic carbocycles. The summed E-state index contributed by atoms with van der Waals surface area (Å²) < 4.78 is 7.42. The largest absolute Gasteiger partial charge is 0.396 e. The third-order valence-corrected chi connectivity index (χ3v) is 4.36. The molecule has 0 amide bonds. The molecule has 3 heterocycles. The molecule has 4 nitrogen and oxygen atoms in total. The number of thiazole rings is 1. The minimum absolute atomic E-state index is 0.0255. The van der Waals surface area contributed by atoms with Crippen LogP contribution in [0, 0.1) is 5.41 Å². The molecule has 0 radical (unpaired) electrons. The molecule has 0 saturated carbocycles. The minimum atomic E-state index is -0.0255. The van der Waals surface area contributed by atoms with E-state index >= 15 is 0 Å². The number of aliphatic hydroxyl groups is 1. The second-order valence-corrected chi connectivity index (χ2v) is 5.65. The van der Waals surface area contributed by atoms with E-state index in [1.54, 1.807) is 11.3 Å². The van der Waals surface area contributed by atoms with Crippen LogP contribution in [0.25, 0.3) is 4.96 Å². The summed E-state index contributed by atoms with van der Waals surface area (Å²) in [7, 11) is 0. The molecule has 3 rings (SSSR count). The molecule has 0 atom stereocenters. The molecule has 2 aromatic rings. The van der Waals surface area contributed by atoms with Crippen LogP contribution >= 0.6 is 11.3 Å². The number of imidazole rings is 1. The van der Waals surface area contributed by atoms with Crippen LogP contribution in [-0.4, -0.2) is 34.3 Å². The van der Waals surface area contributed by atoms with E-state index in [0.717, 1.165) is 43.1 Å². The standard InChI is InChI=1S/C12H16N2O2S/c15-9-12(1-4-16-5-2-12)7-10-8-14-3-6-17-11(14)13-10/h3,6,8,15H,1-2,4-5,7,9H2. The average molecular weight is 252 g/mol. The van der Waals surface area contributed by atoms with E-state index in [1.807, 2.05) is 16.0 Å². The maximum atomic E-state index is 9.64. The maximum absolute atomic E-state index is 9.64. The summed E-state index contributed by atoms with van der Waals surface area (Å²) >= 11 is 1.64. The number of nitrogens with zero attached hydrogens (tertiary/aromatic N) is 2. The normalized spacial score (nSPS) is 19.8. The van der Waals surface area contributed by atoms with Gasteiger partial charge in [0.25, 0.3) is 0 Å². The first kappa shape index (κ1) is 11.2. The Morgan fingerprint density at radius 2 is 2.29 bits per heavy atom. The number of aromatic nitrogens is 2. The lowest BCUT2D eigenvalue weighted by Crippen LogP contribution is -2.35. The summed E-state index contributed by atoms with van der Waals surface area (Å²) in [4.78, 5) is 5.62. The first-order valence-corrected chi connectivity index (χ1v) is 6.79. The van der Waals surface area contributed by atoms with Gasteiger partial charge in [-0.2, -0.15) is 0 Å². The Morgan fingerprint density at radius 1 is 1.47 bits per heavy atom. The number of fused-ring (bicyclic) bond motifs is 1. The van der Waals surface area contributed by atoms with Gasteiger partial charge < -0.3 is 9.84 Å². The summed E-state index contributed by atoms with van der Waals surface area (Å²) in [5.74, 6) is 0. The lowest BCUT2D eigenvalue weighted by molar-refractivity contribution is -0.0161. The fraction of sp³-hybridized carbons (Fsp3) is 0.583. The van der Waals surface area contributed by atoms with Gasteiger partial charge in [-0.25, -0.2) is 4.98 Å². The van der Waals surface area contributed by atoms with Crippen molar-refractivity contribution in [3.05, 3.63) is 23.5 Å². The fourth-order valence-electron chi connectivity index (χ4n) is 2.44. The first-order chi connectivity index (χ1) is 8.31. The van der Waals surface area contributed by atoms with E-state index in [-0.39, 0.29) is 12.0 Å². The van der Waals surface area contributed by atoms with Crippen LogP contribution in [-0.2, 0) is 11.2 Å². The third kappa shape index (κ3) is 2.10. The predicted molar refractivity (Wildman–Crippen MR) is 66.3 cm³/mol. The molecule has 1 aliphatic heterocycles. The van der Waals surface area contributed by atoms with Gasteiger partial charge in [-0.1, -0.05) is 0 Å². The summed E-state index contributed by atoms with van der Waals surface area (Å²) in [6, 6.07) is 0. The molecule has 0 unspecified atom stereocenters. The van der Waals surface area contributed by atoms with Crippen molar-refractivity contribution in [2.75, 3.05) is 19.8 Å². The minimum Gasteiger partial charge on any atom is -0.396 e. The number of hydrogen-bond acceptors (Lipinski definition) is 4. The highest BCUT2D eigenvalue weighted by Crippen LogP contribution is 2.33. The quantitative estimate of drug-likeness (QED) is 0.905. The Labute approximate surface area is 104 Å². The average Bonchev–Trinajstić information content (AvgIpc) is 2.91. The topological polar surface area (TPSA) is 46.8 Å². The van der Waals surface area contributed by atoms with Crippen LogP contribution in [0.5, 0.6) is 0 Å². The molecule has 0 aliphatic carbocycles. The molecule has 1 N–H and O–H groups in total. The molecule has 1 aliphatic rings. The van der Waals surface area contributed by atoms with Crippen LogP contribution in [0.1, 0.15) is 18.5 Å². The Balaban J connectivity index is 1.82. The molecule has 5 heteroatoms. The van der Waals surface area contributed by atoms with Gasteiger partial charge in [-0.3, -0.25) is 4.40 Å². The highest BCUT2D eigenvalue weighted by molar-refractivity contribution is 7.15. The van der Waals surface area contributed by atoms with Gasteiger partial charge in [0.05, 0.1) is 5.69 Å². The van der Waals surface area contributed by atoms with Crippen molar-refractivity contribution >= 4 is 16.3 Å². The highest BCUT2D eigenvalue weighted by Gasteiger charge is 2.33. The Hall–Kier alpha value is -0.910. The molecule has 2 aromatic heterocycles. The van der Waals surface area contributed by atoms with Crippen molar-refractivity contribution in [3.63, 3.8) is 0 Å². The number of aliphatic hydroxyl groups excluding tert-OH is 1. The second-order valence-electron chi connectivity index (χ2n) is 4.77. The highest BCUT2D eigenvalue weighted by atomic mass is 32.1. The number of hydrogen-bond donors (Lipinski definition) is 1. The van der Waals surface area contributed by atoms with E-state index in [2.05, 4.69) is 11.2 Å². The predicted octanol–water partition coefficient (Wildman–Crippen LogP) is 1.73. The van der Waals surface area contributed by atoms with E-state index in [4.69, 9.17) is 4.74 Å². The third-order valence-electron chi connectivity index (χ3n) is 3.59.